The maximum Gasteiger partial charge on any atom is 0.186 e. The quantitative estimate of drug-likeness (QED) is 0.479. The Morgan fingerprint density at radius 1 is 0.739 bits per heavy atom. The molecule has 1 unspecified atom stereocenters. The van der Waals surface area contributed by atoms with Crippen molar-refractivity contribution >= 4 is 0 Å². The van der Waals surface area contributed by atoms with Gasteiger partial charge in [0.25, 0.3) is 0 Å². The van der Waals surface area contributed by atoms with Gasteiger partial charge in [0, 0.05) is 6.61 Å². The van der Waals surface area contributed by atoms with Crippen LogP contribution in [0.2, 0.25) is 0 Å². The molecular formula is C18H36O5. The fourth-order valence-electron chi connectivity index (χ4n) is 2.94. The van der Waals surface area contributed by atoms with Gasteiger partial charge in [-0.2, -0.15) is 0 Å². The number of ether oxygens (including phenoxy) is 2. The van der Waals surface area contributed by atoms with Crippen LogP contribution in [0.3, 0.4) is 0 Å². The topological polar surface area (TPSA) is 79.2 Å². The summed E-state index contributed by atoms with van der Waals surface area (Å²) in [5.74, 6) is 0. The summed E-state index contributed by atoms with van der Waals surface area (Å²) in [5.41, 5.74) is 0. The van der Waals surface area contributed by atoms with Crippen LogP contribution in [0.25, 0.3) is 0 Å². The predicted molar refractivity (Wildman–Crippen MR) is 90.2 cm³/mol. The van der Waals surface area contributed by atoms with Crippen molar-refractivity contribution < 1.29 is 24.8 Å². The summed E-state index contributed by atoms with van der Waals surface area (Å²) < 4.78 is 10.9. The number of hydrogen-bond donors (Lipinski definition) is 3. The monoisotopic (exact) mass is 332 g/mol. The van der Waals surface area contributed by atoms with Crippen LogP contribution in [-0.4, -0.2) is 52.6 Å². The van der Waals surface area contributed by atoms with Crippen molar-refractivity contribution in [1.82, 2.24) is 0 Å². The molecule has 5 heteroatoms. The summed E-state index contributed by atoms with van der Waals surface area (Å²) in [5, 5.41) is 29.1. The molecule has 0 aliphatic carbocycles. The first-order valence-electron chi connectivity index (χ1n) is 9.39. The van der Waals surface area contributed by atoms with E-state index in [4.69, 9.17) is 9.47 Å². The van der Waals surface area contributed by atoms with Gasteiger partial charge in [-0.15, -0.1) is 0 Å². The minimum Gasteiger partial charge on any atom is -0.388 e. The smallest absolute Gasteiger partial charge is 0.186 e. The zero-order valence-corrected chi connectivity index (χ0v) is 14.8. The van der Waals surface area contributed by atoms with E-state index in [-0.39, 0.29) is 0 Å². The van der Waals surface area contributed by atoms with E-state index in [0.29, 0.717) is 6.61 Å². The molecule has 1 aliphatic heterocycles. The molecule has 1 heterocycles. The highest BCUT2D eigenvalue weighted by Gasteiger charge is 2.42. The number of aliphatic hydroxyl groups excluding tert-OH is 3. The van der Waals surface area contributed by atoms with Crippen molar-refractivity contribution in [3.05, 3.63) is 0 Å². The lowest BCUT2D eigenvalue weighted by atomic mass is 10.00. The van der Waals surface area contributed by atoms with E-state index >= 15 is 0 Å². The van der Waals surface area contributed by atoms with Gasteiger partial charge in [-0.1, -0.05) is 64.7 Å². The van der Waals surface area contributed by atoms with Gasteiger partial charge < -0.3 is 24.8 Å². The maximum absolute atomic E-state index is 9.83. The molecule has 1 rings (SSSR count). The van der Waals surface area contributed by atoms with Crippen molar-refractivity contribution in [2.45, 2.75) is 109 Å². The van der Waals surface area contributed by atoms with Gasteiger partial charge in [-0.25, -0.2) is 0 Å². The van der Waals surface area contributed by atoms with Gasteiger partial charge >= 0.3 is 0 Å². The molecule has 0 aromatic heterocycles. The Bertz CT molecular complexity index is 287. The predicted octanol–water partition coefficient (Wildman–Crippen LogP) is 2.75. The van der Waals surface area contributed by atoms with Crippen LogP contribution in [0, 0.1) is 0 Å². The zero-order chi connectivity index (χ0) is 17.1. The summed E-state index contributed by atoms with van der Waals surface area (Å²) in [6.07, 6.45) is 7.72. The molecule has 0 saturated carbocycles. The van der Waals surface area contributed by atoms with Crippen molar-refractivity contribution in [2.24, 2.45) is 0 Å². The first-order chi connectivity index (χ1) is 11.1. The molecule has 0 aromatic rings. The zero-order valence-electron chi connectivity index (χ0n) is 14.8. The lowest BCUT2D eigenvalue weighted by Gasteiger charge is -2.38. The fraction of sp³-hybridized carbons (Fsp3) is 1.00. The van der Waals surface area contributed by atoms with E-state index in [1.807, 2.05) is 0 Å². The standard InChI is InChI=1S/C18H36O5/c1-3-4-5-6-7-8-9-10-11-12-13-22-18-17(21)16(20)15(19)14(2)23-18/h14-21H,3-13H2,1-2H3/t14-,15-,16+,17+,18?/m0/s1. The van der Waals surface area contributed by atoms with Crippen LogP contribution < -0.4 is 0 Å². The normalized spacial score (nSPS) is 31.4. The number of rotatable bonds is 12. The van der Waals surface area contributed by atoms with E-state index in [1.54, 1.807) is 6.92 Å². The Hall–Kier alpha value is -0.200. The first-order valence-corrected chi connectivity index (χ1v) is 9.39. The highest BCUT2D eigenvalue weighted by molar-refractivity contribution is 4.87. The summed E-state index contributed by atoms with van der Waals surface area (Å²) in [7, 11) is 0. The molecule has 5 nitrogen and oxygen atoms in total. The summed E-state index contributed by atoms with van der Waals surface area (Å²) in [6.45, 7) is 4.41. The molecule has 0 amide bonds. The second-order valence-electron chi connectivity index (χ2n) is 6.73. The summed E-state index contributed by atoms with van der Waals surface area (Å²) in [6, 6.07) is 0. The average molecular weight is 332 g/mol. The van der Waals surface area contributed by atoms with E-state index in [9.17, 15) is 15.3 Å². The summed E-state index contributed by atoms with van der Waals surface area (Å²) in [4.78, 5) is 0. The molecule has 0 radical (unpaired) electrons. The third-order valence-electron chi connectivity index (χ3n) is 4.59. The van der Waals surface area contributed by atoms with Gasteiger partial charge in [0.2, 0.25) is 0 Å². The van der Waals surface area contributed by atoms with Crippen molar-refractivity contribution in [1.29, 1.82) is 0 Å². The van der Waals surface area contributed by atoms with Gasteiger partial charge in [0.15, 0.2) is 6.29 Å². The molecule has 1 saturated heterocycles. The van der Waals surface area contributed by atoms with Gasteiger partial charge in [0.05, 0.1) is 6.10 Å². The van der Waals surface area contributed by atoms with Crippen LogP contribution in [-0.2, 0) is 9.47 Å². The average Bonchev–Trinajstić information content (AvgIpc) is 2.55. The first kappa shape index (κ1) is 20.8. The second kappa shape index (κ2) is 12.2. The van der Waals surface area contributed by atoms with Gasteiger partial charge in [-0.05, 0) is 13.3 Å². The molecule has 1 fully saturated rings. The largest absolute Gasteiger partial charge is 0.388 e. The van der Waals surface area contributed by atoms with Crippen LogP contribution in [0.1, 0.15) is 78.1 Å². The molecule has 3 N–H and O–H groups in total. The van der Waals surface area contributed by atoms with Crippen molar-refractivity contribution in [3.63, 3.8) is 0 Å². The minimum atomic E-state index is -1.21. The Morgan fingerprint density at radius 3 is 1.83 bits per heavy atom. The lowest BCUT2D eigenvalue weighted by molar-refractivity contribution is -0.293. The Balaban J connectivity index is 1.96. The molecular weight excluding hydrogens is 296 g/mol. The van der Waals surface area contributed by atoms with Crippen molar-refractivity contribution in [3.8, 4) is 0 Å². The highest BCUT2D eigenvalue weighted by Crippen LogP contribution is 2.22. The van der Waals surface area contributed by atoms with Crippen LogP contribution in [0.5, 0.6) is 0 Å². The van der Waals surface area contributed by atoms with E-state index in [0.717, 1.165) is 12.8 Å². The van der Waals surface area contributed by atoms with E-state index in [1.165, 1.54) is 51.4 Å². The molecule has 1 aliphatic rings. The molecule has 138 valence electrons. The number of hydrogen-bond acceptors (Lipinski definition) is 5. The third kappa shape index (κ3) is 7.94. The van der Waals surface area contributed by atoms with E-state index < -0.39 is 30.7 Å². The molecule has 5 atom stereocenters. The number of unbranched alkanes of at least 4 members (excludes halogenated alkanes) is 9. The Kier molecular flexibility index (Phi) is 11.1. The lowest BCUT2D eigenvalue weighted by Crippen LogP contribution is -2.57. The molecule has 0 aromatic carbocycles. The second-order valence-corrected chi connectivity index (χ2v) is 6.73. The minimum absolute atomic E-state index is 0.508. The number of aliphatic hydroxyl groups is 3. The van der Waals surface area contributed by atoms with Crippen LogP contribution >= 0.6 is 0 Å². The fourth-order valence-corrected chi connectivity index (χ4v) is 2.94. The summed E-state index contributed by atoms with van der Waals surface area (Å²) >= 11 is 0. The van der Waals surface area contributed by atoms with Gasteiger partial charge in [-0.3, -0.25) is 0 Å². The molecule has 0 bridgehead atoms. The SMILES string of the molecule is CCCCCCCCCCCCOC1O[C@@H](C)[C@H](O)[C@@H](O)[C@H]1O. The maximum atomic E-state index is 9.83. The van der Waals surface area contributed by atoms with Crippen LogP contribution in [0.15, 0.2) is 0 Å². The van der Waals surface area contributed by atoms with Gasteiger partial charge in [0.1, 0.15) is 18.3 Å². The molecule has 0 spiro atoms. The third-order valence-corrected chi connectivity index (χ3v) is 4.59. The molecule has 23 heavy (non-hydrogen) atoms. The van der Waals surface area contributed by atoms with E-state index in [2.05, 4.69) is 6.92 Å². The Labute approximate surface area is 141 Å². The van der Waals surface area contributed by atoms with Crippen molar-refractivity contribution in [2.75, 3.05) is 6.61 Å². The van der Waals surface area contributed by atoms with Crippen LogP contribution in [0.4, 0.5) is 0 Å². The Morgan fingerprint density at radius 2 is 1.26 bits per heavy atom. The highest BCUT2D eigenvalue weighted by atomic mass is 16.7.